The molecule has 0 radical (unpaired) electrons. The topological polar surface area (TPSA) is 114 Å². The summed E-state index contributed by atoms with van der Waals surface area (Å²) in [5, 5.41) is 4.78. The standard InChI is InChI=1S/C24H23N3O5S2/c1-14-8-9-15(2)18(12-14)19-13-33-24(25-19)26-21(28)20(10-11-34(3,31)32)27-22(29)16-6-4-5-7-17(16)23(27)30/h4-9,12-13,20H,10-11H2,1-3H3,(H,25,26,28). The Hall–Kier alpha value is -3.37. The van der Waals surface area contributed by atoms with Crippen LogP contribution in [0.5, 0.6) is 0 Å². The zero-order chi connectivity index (χ0) is 24.6. The van der Waals surface area contributed by atoms with Crippen molar-refractivity contribution in [3.05, 3.63) is 70.1 Å². The first-order valence-corrected chi connectivity index (χ1v) is 13.5. The second kappa shape index (κ2) is 9.11. The van der Waals surface area contributed by atoms with Gasteiger partial charge in [0.1, 0.15) is 15.9 Å². The lowest BCUT2D eigenvalue weighted by Crippen LogP contribution is -2.48. The van der Waals surface area contributed by atoms with Gasteiger partial charge in [0.25, 0.3) is 11.8 Å². The highest BCUT2D eigenvalue weighted by molar-refractivity contribution is 7.90. The van der Waals surface area contributed by atoms with Crippen molar-refractivity contribution in [2.24, 2.45) is 0 Å². The number of fused-ring (bicyclic) bond motifs is 1. The van der Waals surface area contributed by atoms with Gasteiger partial charge in [-0.05, 0) is 44.0 Å². The van der Waals surface area contributed by atoms with Gasteiger partial charge in [-0.1, -0.05) is 29.8 Å². The fourth-order valence-corrected chi connectivity index (χ4v) is 5.21. The Labute approximate surface area is 201 Å². The molecule has 0 spiro atoms. The fraction of sp³-hybridized carbons (Fsp3) is 0.250. The van der Waals surface area contributed by atoms with Crippen LogP contribution in [0.15, 0.2) is 47.8 Å². The summed E-state index contributed by atoms with van der Waals surface area (Å²) in [6.07, 6.45) is 0.826. The molecule has 3 amide bonds. The van der Waals surface area contributed by atoms with Gasteiger partial charge in [0.05, 0.1) is 22.6 Å². The van der Waals surface area contributed by atoms with E-state index in [9.17, 15) is 22.8 Å². The van der Waals surface area contributed by atoms with Crippen LogP contribution in [-0.4, -0.2) is 54.1 Å². The van der Waals surface area contributed by atoms with Crippen molar-refractivity contribution in [1.82, 2.24) is 9.88 Å². The van der Waals surface area contributed by atoms with Crippen LogP contribution in [0, 0.1) is 13.8 Å². The summed E-state index contributed by atoms with van der Waals surface area (Å²) in [6.45, 7) is 3.95. The molecule has 1 N–H and O–H groups in total. The van der Waals surface area contributed by atoms with E-state index in [0.717, 1.165) is 27.8 Å². The van der Waals surface area contributed by atoms with Crippen LogP contribution in [0.1, 0.15) is 38.3 Å². The number of nitrogens with zero attached hydrogens (tertiary/aromatic N) is 2. The number of aromatic nitrogens is 1. The second-order valence-electron chi connectivity index (χ2n) is 8.31. The quantitative estimate of drug-likeness (QED) is 0.500. The van der Waals surface area contributed by atoms with Crippen molar-refractivity contribution in [2.45, 2.75) is 26.3 Å². The van der Waals surface area contributed by atoms with Gasteiger partial charge in [0, 0.05) is 17.2 Å². The Morgan fingerprint density at radius 1 is 1.06 bits per heavy atom. The van der Waals surface area contributed by atoms with Crippen LogP contribution in [0.3, 0.4) is 0 Å². The first kappa shape index (κ1) is 23.8. The minimum Gasteiger partial charge on any atom is -0.300 e. The van der Waals surface area contributed by atoms with E-state index in [0.29, 0.717) is 10.8 Å². The molecule has 8 nitrogen and oxygen atoms in total. The number of hydrogen-bond acceptors (Lipinski definition) is 7. The number of nitrogens with one attached hydrogen (secondary N) is 1. The van der Waals surface area contributed by atoms with Crippen LogP contribution >= 0.6 is 11.3 Å². The minimum atomic E-state index is -3.44. The lowest BCUT2D eigenvalue weighted by molar-refractivity contribution is -0.120. The van der Waals surface area contributed by atoms with Crippen molar-refractivity contribution in [3.8, 4) is 11.3 Å². The molecule has 4 rings (SSSR count). The van der Waals surface area contributed by atoms with Crippen molar-refractivity contribution < 1.29 is 22.8 Å². The van der Waals surface area contributed by atoms with Gasteiger partial charge < -0.3 is 5.32 Å². The molecule has 10 heteroatoms. The Bertz CT molecular complexity index is 1380. The maximum atomic E-state index is 13.2. The first-order valence-electron chi connectivity index (χ1n) is 10.5. The number of amides is 3. The predicted molar refractivity (Wildman–Crippen MR) is 131 cm³/mol. The van der Waals surface area contributed by atoms with Gasteiger partial charge in [-0.25, -0.2) is 13.4 Å². The summed E-state index contributed by atoms with van der Waals surface area (Å²) in [4.78, 5) is 44.5. The summed E-state index contributed by atoms with van der Waals surface area (Å²) in [5.41, 5.74) is 4.12. The summed E-state index contributed by atoms with van der Waals surface area (Å²) in [6, 6.07) is 11.0. The number of aryl methyl sites for hydroxylation is 2. The molecule has 0 bridgehead atoms. The van der Waals surface area contributed by atoms with Crippen LogP contribution in [0.2, 0.25) is 0 Å². The zero-order valence-corrected chi connectivity index (χ0v) is 20.5. The number of carbonyl (C=O) groups is 3. The third-order valence-electron chi connectivity index (χ3n) is 5.61. The summed E-state index contributed by atoms with van der Waals surface area (Å²) in [5.74, 6) is -2.27. The molecule has 1 unspecified atom stereocenters. The number of imide groups is 1. The third-order valence-corrected chi connectivity index (χ3v) is 7.34. The van der Waals surface area contributed by atoms with Gasteiger partial charge >= 0.3 is 0 Å². The van der Waals surface area contributed by atoms with Gasteiger partial charge in [-0.2, -0.15) is 0 Å². The predicted octanol–water partition coefficient (Wildman–Crippen LogP) is 3.46. The van der Waals surface area contributed by atoms with E-state index >= 15 is 0 Å². The van der Waals surface area contributed by atoms with E-state index in [1.54, 1.807) is 12.1 Å². The monoisotopic (exact) mass is 497 g/mol. The molecule has 0 saturated heterocycles. The van der Waals surface area contributed by atoms with Crippen LogP contribution in [-0.2, 0) is 14.6 Å². The van der Waals surface area contributed by atoms with E-state index in [4.69, 9.17) is 0 Å². The second-order valence-corrected chi connectivity index (χ2v) is 11.4. The van der Waals surface area contributed by atoms with Crippen LogP contribution in [0.4, 0.5) is 5.13 Å². The molecule has 0 fully saturated rings. The number of anilines is 1. The smallest absolute Gasteiger partial charge is 0.262 e. The van der Waals surface area contributed by atoms with E-state index in [1.807, 2.05) is 37.4 Å². The number of benzene rings is 2. The lowest BCUT2D eigenvalue weighted by Gasteiger charge is -2.24. The van der Waals surface area contributed by atoms with Crippen molar-refractivity contribution in [2.75, 3.05) is 17.3 Å². The first-order chi connectivity index (χ1) is 16.0. The molecule has 34 heavy (non-hydrogen) atoms. The molecule has 1 aliphatic rings. The molecule has 2 heterocycles. The van der Waals surface area contributed by atoms with Gasteiger partial charge in [-0.3, -0.25) is 19.3 Å². The summed E-state index contributed by atoms with van der Waals surface area (Å²) < 4.78 is 23.6. The van der Waals surface area contributed by atoms with E-state index < -0.39 is 33.6 Å². The minimum absolute atomic E-state index is 0.191. The highest BCUT2D eigenvalue weighted by Crippen LogP contribution is 2.30. The average molecular weight is 498 g/mol. The van der Waals surface area contributed by atoms with E-state index in [2.05, 4.69) is 10.3 Å². The Morgan fingerprint density at radius 3 is 2.32 bits per heavy atom. The van der Waals surface area contributed by atoms with Gasteiger partial charge in [0.15, 0.2) is 5.13 Å². The Kier molecular flexibility index (Phi) is 6.37. The molecule has 176 valence electrons. The summed E-state index contributed by atoms with van der Waals surface area (Å²) >= 11 is 1.21. The van der Waals surface area contributed by atoms with Crippen LogP contribution < -0.4 is 5.32 Å². The molecule has 0 aliphatic carbocycles. The Balaban J connectivity index is 1.61. The van der Waals surface area contributed by atoms with E-state index in [-0.39, 0.29) is 23.3 Å². The molecule has 2 aromatic carbocycles. The molecule has 0 saturated carbocycles. The zero-order valence-electron chi connectivity index (χ0n) is 18.9. The van der Waals surface area contributed by atoms with E-state index in [1.165, 1.54) is 23.5 Å². The Morgan fingerprint density at radius 2 is 1.71 bits per heavy atom. The molecule has 3 aromatic rings. The van der Waals surface area contributed by atoms with Crippen molar-refractivity contribution in [3.63, 3.8) is 0 Å². The molecular formula is C24H23N3O5S2. The third kappa shape index (κ3) is 4.78. The number of hydrogen-bond donors (Lipinski definition) is 1. The normalized spacial score (nSPS) is 14.3. The largest absolute Gasteiger partial charge is 0.300 e. The number of rotatable bonds is 7. The maximum Gasteiger partial charge on any atom is 0.262 e. The highest BCUT2D eigenvalue weighted by atomic mass is 32.2. The van der Waals surface area contributed by atoms with Gasteiger partial charge in [-0.15, -0.1) is 11.3 Å². The maximum absolute atomic E-state index is 13.2. The van der Waals surface area contributed by atoms with Gasteiger partial charge in [0.2, 0.25) is 5.91 Å². The summed E-state index contributed by atoms with van der Waals surface area (Å²) in [7, 11) is -3.44. The molecule has 1 aliphatic heterocycles. The SMILES string of the molecule is Cc1ccc(C)c(-c2csc(NC(=O)C(CCS(C)(=O)=O)N3C(=O)c4ccccc4C3=O)n2)c1. The number of sulfone groups is 1. The lowest BCUT2D eigenvalue weighted by atomic mass is 10.0. The van der Waals surface area contributed by atoms with Crippen LogP contribution in [0.25, 0.3) is 11.3 Å². The molecule has 1 aromatic heterocycles. The number of thiazole rings is 1. The fourth-order valence-electron chi connectivity index (χ4n) is 3.85. The highest BCUT2D eigenvalue weighted by Gasteiger charge is 2.43. The van der Waals surface area contributed by atoms with Crippen molar-refractivity contribution in [1.29, 1.82) is 0 Å². The van der Waals surface area contributed by atoms with Crippen molar-refractivity contribution >= 4 is 44.0 Å². The molecule has 1 atom stereocenters. The molecular weight excluding hydrogens is 474 g/mol. The average Bonchev–Trinajstić information content (AvgIpc) is 3.33. The number of carbonyl (C=O) groups excluding carboxylic acids is 3.